The number of hydrogen-bond donors (Lipinski definition) is 3. The summed E-state index contributed by atoms with van der Waals surface area (Å²) in [6, 6.07) is 6.60. The zero-order valence-corrected chi connectivity index (χ0v) is 30.0. The van der Waals surface area contributed by atoms with E-state index in [0.29, 0.717) is 17.6 Å². The molecule has 1 aromatic carbocycles. The molecule has 2 saturated carbocycles. The van der Waals surface area contributed by atoms with Crippen LogP contribution in [0.1, 0.15) is 151 Å². The fourth-order valence-corrected chi connectivity index (χ4v) is 8.34. The Hall–Kier alpha value is -2.28. The molecule has 1 aliphatic heterocycles. The third kappa shape index (κ3) is 10.4. The number of rotatable bonds is 6. The summed E-state index contributed by atoms with van der Waals surface area (Å²) in [6.45, 7) is 21.7. The SMILES string of the molecule is CC1(C)CC(OC(=O)NC2CCC(CC3CCC(NC(=O)Oc4c(C(C)(C)C)cccc4C(C)(C)C)CC3)CC2)CC(C)(C)N1. The number of carbonyl (C=O) groups is 2. The molecule has 4 rings (SSSR count). The minimum atomic E-state index is -0.336. The van der Waals surface area contributed by atoms with Crippen molar-refractivity contribution < 1.29 is 19.1 Å². The first-order valence-electron chi connectivity index (χ1n) is 17.7. The molecule has 3 N–H and O–H groups in total. The molecule has 0 aromatic heterocycles. The molecule has 3 aliphatic rings. The van der Waals surface area contributed by atoms with Crippen molar-refractivity contribution in [1.82, 2.24) is 16.0 Å². The summed E-state index contributed by atoms with van der Waals surface area (Å²) in [4.78, 5) is 25.9. The van der Waals surface area contributed by atoms with E-state index in [9.17, 15) is 9.59 Å². The van der Waals surface area contributed by atoms with Crippen LogP contribution in [0.15, 0.2) is 18.2 Å². The lowest BCUT2D eigenvalue weighted by molar-refractivity contribution is 0.0173. The number of benzene rings is 1. The van der Waals surface area contributed by atoms with Gasteiger partial charge in [0.1, 0.15) is 11.9 Å². The van der Waals surface area contributed by atoms with Crippen LogP contribution in [0.2, 0.25) is 0 Å². The lowest BCUT2D eigenvalue weighted by Crippen LogP contribution is -2.60. The fourth-order valence-electron chi connectivity index (χ4n) is 8.34. The molecule has 3 fully saturated rings. The van der Waals surface area contributed by atoms with Crippen LogP contribution in [0.25, 0.3) is 0 Å². The third-order valence-electron chi connectivity index (χ3n) is 10.3. The molecule has 254 valence electrons. The molecule has 0 spiro atoms. The Morgan fingerprint density at radius 3 is 1.58 bits per heavy atom. The zero-order chi connectivity index (χ0) is 33.2. The van der Waals surface area contributed by atoms with E-state index in [1.165, 1.54) is 6.42 Å². The predicted molar refractivity (Wildman–Crippen MR) is 183 cm³/mol. The van der Waals surface area contributed by atoms with Crippen molar-refractivity contribution in [3.8, 4) is 5.75 Å². The van der Waals surface area contributed by atoms with Gasteiger partial charge in [0.15, 0.2) is 0 Å². The Bertz CT molecular complexity index is 1110. The summed E-state index contributed by atoms with van der Waals surface area (Å²) in [5, 5.41) is 10.0. The average Bonchev–Trinajstić information content (AvgIpc) is 2.88. The normalized spacial score (nSPS) is 27.3. The van der Waals surface area contributed by atoms with E-state index in [1.807, 2.05) is 0 Å². The standard InChI is InChI=1S/C38H63N3O4/c1-35(2,3)30-12-11-13-31(36(4,5)6)32(30)45-34(43)40-28-20-16-26(17-21-28)22-25-14-18-27(19-15-25)39-33(42)44-29-23-37(7,8)41-38(9,10)24-29/h11-13,25-29,41H,14-24H2,1-10H3,(H,39,42)(H,40,43). The van der Waals surface area contributed by atoms with Crippen LogP contribution in [0, 0.1) is 11.8 Å². The van der Waals surface area contributed by atoms with Gasteiger partial charge in [0, 0.05) is 47.1 Å². The molecule has 1 aromatic rings. The molecule has 7 nitrogen and oxygen atoms in total. The number of nitrogens with one attached hydrogen (secondary N) is 3. The number of carbonyl (C=O) groups excluding carboxylic acids is 2. The zero-order valence-electron chi connectivity index (χ0n) is 30.0. The van der Waals surface area contributed by atoms with Gasteiger partial charge in [-0.2, -0.15) is 0 Å². The fraction of sp³-hybridized carbons (Fsp3) is 0.789. The smallest absolute Gasteiger partial charge is 0.412 e. The Labute approximate surface area is 273 Å². The minimum Gasteiger partial charge on any atom is -0.446 e. The number of amides is 2. The Kier molecular flexibility index (Phi) is 10.9. The topological polar surface area (TPSA) is 88.7 Å². The molecule has 0 unspecified atom stereocenters. The molecule has 7 heteroatoms. The maximum absolute atomic E-state index is 13.1. The molecule has 2 amide bonds. The second kappa shape index (κ2) is 13.8. The van der Waals surface area contributed by atoms with Gasteiger partial charge in [-0.15, -0.1) is 0 Å². The van der Waals surface area contributed by atoms with Gasteiger partial charge in [-0.05, 0) is 108 Å². The summed E-state index contributed by atoms with van der Waals surface area (Å²) in [5.74, 6) is 2.13. The summed E-state index contributed by atoms with van der Waals surface area (Å²) in [5.41, 5.74) is 1.77. The quantitative estimate of drug-likeness (QED) is 0.294. The van der Waals surface area contributed by atoms with E-state index in [-0.39, 0.29) is 52.3 Å². The van der Waals surface area contributed by atoms with Gasteiger partial charge in [-0.1, -0.05) is 59.7 Å². The van der Waals surface area contributed by atoms with Crippen LogP contribution in [-0.2, 0) is 15.6 Å². The molecule has 0 bridgehead atoms. The average molecular weight is 626 g/mol. The Morgan fingerprint density at radius 1 is 0.733 bits per heavy atom. The first-order valence-corrected chi connectivity index (χ1v) is 17.7. The van der Waals surface area contributed by atoms with E-state index in [4.69, 9.17) is 9.47 Å². The van der Waals surface area contributed by atoms with Gasteiger partial charge >= 0.3 is 12.2 Å². The Morgan fingerprint density at radius 2 is 1.16 bits per heavy atom. The van der Waals surface area contributed by atoms with Gasteiger partial charge in [0.2, 0.25) is 0 Å². The van der Waals surface area contributed by atoms with E-state index in [0.717, 1.165) is 75.3 Å². The third-order valence-corrected chi connectivity index (χ3v) is 10.3. The second-order valence-corrected chi connectivity index (χ2v) is 17.9. The lowest BCUT2D eigenvalue weighted by Gasteiger charge is -2.46. The first-order chi connectivity index (χ1) is 20.8. The van der Waals surface area contributed by atoms with Crippen molar-refractivity contribution in [2.24, 2.45) is 11.8 Å². The van der Waals surface area contributed by atoms with Crippen LogP contribution in [0.3, 0.4) is 0 Å². The van der Waals surface area contributed by atoms with Crippen LogP contribution in [0.5, 0.6) is 5.75 Å². The van der Waals surface area contributed by atoms with Crippen molar-refractivity contribution in [1.29, 1.82) is 0 Å². The highest BCUT2D eigenvalue weighted by Crippen LogP contribution is 2.40. The molecule has 0 atom stereocenters. The summed E-state index contributed by atoms with van der Waals surface area (Å²) >= 11 is 0. The Balaban J connectivity index is 1.18. The van der Waals surface area contributed by atoms with Crippen molar-refractivity contribution in [3.63, 3.8) is 0 Å². The van der Waals surface area contributed by atoms with E-state index < -0.39 is 0 Å². The maximum atomic E-state index is 13.1. The van der Waals surface area contributed by atoms with Crippen LogP contribution in [-0.4, -0.2) is 41.5 Å². The number of alkyl carbamates (subject to hydrolysis) is 1. The molecule has 45 heavy (non-hydrogen) atoms. The van der Waals surface area contributed by atoms with Crippen molar-refractivity contribution in [3.05, 3.63) is 29.3 Å². The number of piperidine rings is 1. The molecular formula is C38H63N3O4. The van der Waals surface area contributed by atoms with Gasteiger partial charge < -0.3 is 25.4 Å². The van der Waals surface area contributed by atoms with Gasteiger partial charge in [-0.25, -0.2) is 9.59 Å². The van der Waals surface area contributed by atoms with Crippen LogP contribution < -0.4 is 20.7 Å². The van der Waals surface area contributed by atoms with Gasteiger partial charge in [-0.3, -0.25) is 0 Å². The molecule has 1 heterocycles. The van der Waals surface area contributed by atoms with E-state index in [1.54, 1.807) is 0 Å². The highest BCUT2D eigenvalue weighted by Gasteiger charge is 2.40. The van der Waals surface area contributed by atoms with E-state index >= 15 is 0 Å². The second-order valence-electron chi connectivity index (χ2n) is 17.9. The van der Waals surface area contributed by atoms with Crippen molar-refractivity contribution >= 4 is 12.2 Å². The van der Waals surface area contributed by atoms with Crippen molar-refractivity contribution in [2.45, 2.75) is 180 Å². The monoisotopic (exact) mass is 625 g/mol. The minimum absolute atomic E-state index is 0.0439. The van der Waals surface area contributed by atoms with Crippen molar-refractivity contribution in [2.75, 3.05) is 0 Å². The van der Waals surface area contributed by atoms with Gasteiger partial charge in [0.05, 0.1) is 0 Å². The van der Waals surface area contributed by atoms with Crippen LogP contribution in [0.4, 0.5) is 9.59 Å². The molecule has 0 radical (unpaired) electrons. The summed E-state index contributed by atoms with van der Waals surface area (Å²) in [6.07, 6.45) is 10.9. The first kappa shape index (κ1) is 35.6. The maximum Gasteiger partial charge on any atom is 0.412 e. The van der Waals surface area contributed by atoms with Crippen LogP contribution >= 0.6 is 0 Å². The summed E-state index contributed by atoms with van der Waals surface area (Å²) < 4.78 is 12.0. The molecule has 2 aliphatic carbocycles. The molecular weight excluding hydrogens is 562 g/mol. The lowest BCUT2D eigenvalue weighted by atomic mass is 9.76. The molecule has 1 saturated heterocycles. The highest BCUT2D eigenvalue weighted by atomic mass is 16.6. The predicted octanol–water partition coefficient (Wildman–Crippen LogP) is 8.91. The van der Waals surface area contributed by atoms with E-state index in [2.05, 4.69) is 103 Å². The number of ether oxygens (including phenoxy) is 2. The largest absolute Gasteiger partial charge is 0.446 e. The summed E-state index contributed by atoms with van der Waals surface area (Å²) in [7, 11) is 0. The number of para-hydroxylation sites is 1. The number of hydrogen-bond acceptors (Lipinski definition) is 5. The highest BCUT2D eigenvalue weighted by molar-refractivity contribution is 5.72. The van der Waals surface area contributed by atoms with Gasteiger partial charge in [0.25, 0.3) is 0 Å².